The van der Waals surface area contributed by atoms with Gasteiger partial charge in [-0.2, -0.15) is 18.3 Å². The van der Waals surface area contributed by atoms with Crippen molar-refractivity contribution in [2.45, 2.75) is 6.18 Å². The molecular weight excluding hydrogens is 362 g/mol. The highest BCUT2D eigenvalue weighted by Gasteiger charge is 2.31. The monoisotopic (exact) mass is 367 g/mol. The molecule has 20 heavy (non-hydrogen) atoms. The molecule has 0 spiro atoms. The minimum absolute atomic E-state index is 0.125. The van der Waals surface area contributed by atoms with Gasteiger partial charge in [-0.15, -0.1) is 0 Å². The minimum atomic E-state index is -4.49. The molecule has 2 aromatic rings. The number of anilines is 2. The molecule has 0 aliphatic rings. The topological polar surface area (TPSA) is 57.8 Å². The molecule has 2 rings (SSSR count). The fraction of sp³-hybridized carbons (Fsp3) is 0.0909. The van der Waals surface area contributed by atoms with Crippen molar-refractivity contribution in [2.75, 3.05) is 5.32 Å². The van der Waals surface area contributed by atoms with Gasteiger partial charge in [0.15, 0.2) is 5.82 Å². The number of H-pyrrole nitrogens is 1. The second-order valence-electron chi connectivity index (χ2n) is 3.74. The van der Waals surface area contributed by atoms with E-state index in [9.17, 15) is 18.0 Å². The highest BCUT2D eigenvalue weighted by Crippen LogP contribution is 2.39. The largest absolute Gasteiger partial charge is 0.416 e. The molecule has 0 saturated heterocycles. The Kier molecular flexibility index (Phi) is 4.05. The first-order valence-corrected chi connectivity index (χ1v) is 6.33. The number of hydrogen-bond donors (Lipinski definition) is 2. The number of aromatic amines is 1. The molecule has 1 heterocycles. The summed E-state index contributed by atoms with van der Waals surface area (Å²) in [6, 6.07) is 4.31. The normalized spacial score (nSPS) is 11.4. The van der Waals surface area contributed by atoms with Gasteiger partial charge in [-0.1, -0.05) is 11.6 Å². The molecule has 2 N–H and O–H groups in total. The highest BCUT2D eigenvalue weighted by molar-refractivity contribution is 9.10. The Morgan fingerprint density at radius 1 is 1.30 bits per heavy atom. The zero-order valence-corrected chi connectivity index (χ0v) is 11.9. The van der Waals surface area contributed by atoms with Gasteiger partial charge in [-0.25, -0.2) is 5.10 Å². The fourth-order valence-electron chi connectivity index (χ4n) is 1.40. The summed E-state index contributed by atoms with van der Waals surface area (Å²) in [6.07, 6.45) is -4.49. The quantitative estimate of drug-likeness (QED) is 0.844. The zero-order chi connectivity index (χ0) is 14.9. The summed E-state index contributed by atoms with van der Waals surface area (Å²) >= 11 is 8.85. The molecule has 0 saturated carbocycles. The summed E-state index contributed by atoms with van der Waals surface area (Å²) in [7, 11) is 0. The predicted octanol–water partition coefficient (Wildman–Crippen LogP) is 3.95. The van der Waals surface area contributed by atoms with Gasteiger partial charge in [-0.3, -0.25) is 4.79 Å². The first kappa shape index (κ1) is 14.9. The molecule has 0 amide bonds. The third-order valence-corrected chi connectivity index (χ3v) is 3.23. The molecule has 1 aromatic heterocycles. The van der Waals surface area contributed by atoms with Crippen molar-refractivity contribution in [3.05, 3.63) is 49.7 Å². The molecule has 0 aliphatic heterocycles. The van der Waals surface area contributed by atoms with Crippen molar-refractivity contribution in [3.8, 4) is 0 Å². The van der Waals surface area contributed by atoms with E-state index in [1.54, 1.807) is 0 Å². The van der Waals surface area contributed by atoms with Crippen LogP contribution in [0.25, 0.3) is 0 Å². The Morgan fingerprint density at radius 2 is 2.00 bits per heavy atom. The Hall–Kier alpha value is -1.54. The fourth-order valence-corrected chi connectivity index (χ4v) is 2.34. The van der Waals surface area contributed by atoms with Crippen LogP contribution in [0.3, 0.4) is 0 Å². The number of rotatable bonds is 2. The average molecular weight is 369 g/mol. The first-order chi connectivity index (χ1) is 9.27. The summed E-state index contributed by atoms with van der Waals surface area (Å²) in [5.41, 5.74) is -1.04. The SMILES string of the molecule is O=c1ccc(Nc2c(Cl)cc(C(F)(F)F)cc2Br)n[nH]1. The number of hydrogen-bond acceptors (Lipinski definition) is 3. The van der Waals surface area contributed by atoms with E-state index < -0.39 is 17.3 Å². The van der Waals surface area contributed by atoms with E-state index in [0.717, 1.165) is 12.1 Å². The molecule has 106 valence electrons. The van der Waals surface area contributed by atoms with Crippen LogP contribution in [0.15, 0.2) is 33.5 Å². The van der Waals surface area contributed by atoms with Crippen molar-refractivity contribution >= 4 is 39.0 Å². The Labute approximate surface area is 124 Å². The standard InChI is InChI=1S/C11H6BrClF3N3O/c12-6-3-5(11(14,15)16)4-7(13)10(6)17-8-1-2-9(20)19-18-8/h1-4H,(H,17,18)(H,19,20). The lowest BCUT2D eigenvalue weighted by Crippen LogP contribution is -2.08. The van der Waals surface area contributed by atoms with E-state index in [1.807, 2.05) is 0 Å². The van der Waals surface area contributed by atoms with Crippen LogP contribution >= 0.6 is 27.5 Å². The molecule has 4 nitrogen and oxygen atoms in total. The molecule has 0 unspecified atom stereocenters. The third-order valence-electron chi connectivity index (χ3n) is 2.30. The Bertz CT molecular complexity index is 659. The molecule has 0 aliphatic carbocycles. The number of benzene rings is 1. The minimum Gasteiger partial charge on any atom is -0.337 e. The number of alkyl halides is 3. The van der Waals surface area contributed by atoms with Gasteiger partial charge in [-0.05, 0) is 34.1 Å². The van der Waals surface area contributed by atoms with E-state index in [2.05, 4.69) is 31.4 Å². The van der Waals surface area contributed by atoms with Crippen LogP contribution in [0.2, 0.25) is 5.02 Å². The van der Waals surface area contributed by atoms with E-state index in [-0.39, 0.29) is 21.0 Å². The van der Waals surface area contributed by atoms with E-state index in [1.165, 1.54) is 12.1 Å². The number of aromatic nitrogens is 2. The van der Waals surface area contributed by atoms with Crippen LogP contribution in [0, 0.1) is 0 Å². The molecule has 0 bridgehead atoms. The number of nitrogens with one attached hydrogen (secondary N) is 2. The average Bonchev–Trinajstić information content (AvgIpc) is 2.34. The van der Waals surface area contributed by atoms with E-state index in [4.69, 9.17) is 11.6 Å². The maximum absolute atomic E-state index is 12.6. The summed E-state index contributed by atoms with van der Waals surface area (Å²) in [5, 5.41) is 8.46. The zero-order valence-electron chi connectivity index (χ0n) is 9.55. The maximum Gasteiger partial charge on any atom is 0.416 e. The molecule has 0 atom stereocenters. The number of halogens is 5. The van der Waals surface area contributed by atoms with Crippen LogP contribution < -0.4 is 10.9 Å². The van der Waals surface area contributed by atoms with Crippen LogP contribution in [0.1, 0.15) is 5.56 Å². The smallest absolute Gasteiger partial charge is 0.337 e. The predicted molar refractivity (Wildman–Crippen MR) is 72.3 cm³/mol. The van der Waals surface area contributed by atoms with Crippen molar-refractivity contribution < 1.29 is 13.2 Å². The van der Waals surface area contributed by atoms with Crippen LogP contribution in [0.5, 0.6) is 0 Å². The van der Waals surface area contributed by atoms with Gasteiger partial charge >= 0.3 is 6.18 Å². The first-order valence-electron chi connectivity index (χ1n) is 5.16. The van der Waals surface area contributed by atoms with Crippen LogP contribution in [-0.4, -0.2) is 10.2 Å². The van der Waals surface area contributed by atoms with Gasteiger partial charge in [0.05, 0.1) is 16.3 Å². The van der Waals surface area contributed by atoms with E-state index in [0.29, 0.717) is 0 Å². The molecule has 0 radical (unpaired) electrons. The van der Waals surface area contributed by atoms with E-state index >= 15 is 0 Å². The van der Waals surface area contributed by atoms with Gasteiger partial charge in [0.25, 0.3) is 5.56 Å². The second kappa shape index (κ2) is 5.45. The second-order valence-corrected chi connectivity index (χ2v) is 5.01. The van der Waals surface area contributed by atoms with Gasteiger partial charge in [0.2, 0.25) is 0 Å². The third kappa shape index (κ3) is 3.31. The summed E-state index contributed by atoms with van der Waals surface area (Å²) in [6.45, 7) is 0. The van der Waals surface area contributed by atoms with Crippen LogP contribution in [0.4, 0.5) is 24.7 Å². The molecule has 1 aromatic carbocycles. The molecule has 9 heteroatoms. The Morgan fingerprint density at radius 3 is 2.50 bits per heavy atom. The lowest BCUT2D eigenvalue weighted by Gasteiger charge is -2.13. The van der Waals surface area contributed by atoms with Gasteiger partial charge in [0.1, 0.15) is 0 Å². The highest BCUT2D eigenvalue weighted by atomic mass is 79.9. The molecular formula is C11H6BrClF3N3O. The lowest BCUT2D eigenvalue weighted by atomic mass is 10.2. The van der Waals surface area contributed by atoms with Crippen molar-refractivity contribution in [1.82, 2.24) is 10.2 Å². The van der Waals surface area contributed by atoms with Crippen molar-refractivity contribution in [2.24, 2.45) is 0 Å². The summed E-state index contributed by atoms with van der Waals surface area (Å²) in [4.78, 5) is 10.9. The van der Waals surface area contributed by atoms with Crippen LogP contribution in [-0.2, 0) is 6.18 Å². The molecule has 0 fully saturated rings. The lowest BCUT2D eigenvalue weighted by molar-refractivity contribution is -0.137. The van der Waals surface area contributed by atoms with Gasteiger partial charge < -0.3 is 5.32 Å². The summed E-state index contributed by atoms with van der Waals surface area (Å²) < 4.78 is 37.9. The van der Waals surface area contributed by atoms with Crippen molar-refractivity contribution in [3.63, 3.8) is 0 Å². The number of nitrogens with zero attached hydrogens (tertiary/aromatic N) is 1. The van der Waals surface area contributed by atoms with Gasteiger partial charge in [0, 0.05) is 10.5 Å². The van der Waals surface area contributed by atoms with Crippen molar-refractivity contribution in [1.29, 1.82) is 0 Å². The summed E-state index contributed by atoms with van der Waals surface area (Å²) in [5.74, 6) is 0.243. The maximum atomic E-state index is 12.6. The Balaban J connectivity index is 2.38.